The first kappa shape index (κ1) is 22.5. The standard InChI is InChI=1S/C20H28N6O2S2/c1-25-15-21-23-19(25)29(27)13-7-5-11-17-9-3-4-10-18(17)12-6-8-14-30(28)20-24-22-16-26(20)2/h3-4,9-10,15-16H,5-8,11-14H2,1-2H3. The van der Waals surface area contributed by atoms with Crippen LogP contribution in [0.4, 0.5) is 0 Å². The molecule has 0 aliphatic heterocycles. The summed E-state index contributed by atoms with van der Waals surface area (Å²) in [5.74, 6) is 1.20. The molecule has 30 heavy (non-hydrogen) atoms. The average Bonchev–Trinajstić information content (AvgIpc) is 3.37. The molecule has 0 bridgehead atoms. The molecule has 0 amide bonds. The molecule has 0 saturated heterocycles. The number of rotatable bonds is 12. The van der Waals surface area contributed by atoms with Crippen molar-refractivity contribution in [3.8, 4) is 0 Å². The molecular formula is C20H28N6O2S2. The highest BCUT2D eigenvalue weighted by Gasteiger charge is 2.11. The van der Waals surface area contributed by atoms with Crippen molar-refractivity contribution < 1.29 is 8.42 Å². The van der Waals surface area contributed by atoms with Gasteiger partial charge in [-0.05, 0) is 49.7 Å². The minimum atomic E-state index is -1.10. The first-order chi connectivity index (χ1) is 14.6. The maximum Gasteiger partial charge on any atom is 0.221 e. The first-order valence-corrected chi connectivity index (χ1v) is 12.7. The summed E-state index contributed by atoms with van der Waals surface area (Å²) < 4.78 is 28.0. The summed E-state index contributed by atoms with van der Waals surface area (Å²) in [6.45, 7) is 0. The van der Waals surface area contributed by atoms with Gasteiger partial charge in [-0.15, -0.1) is 20.4 Å². The monoisotopic (exact) mass is 448 g/mol. The second kappa shape index (κ2) is 11.3. The summed E-state index contributed by atoms with van der Waals surface area (Å²) in [6, 6.07) is 8.48. The number of benzene rings is 1. The van der Waals surface area contributed by atoms with Crippen LogP contribution in [-0.2, 0) is 48.5 Å². The van der Waals surface area contributed by atoms with Gasteiger partial charge in [0, 0.05) is 25.6 Å². The van der Waals surface area contributed by atoms with E-state index in [2.05, 4.69) is 44.7 Å². The third-order valence-corrected chi connectivity index (χ3v) is 7.79. The molecule has 2 aromatic heterocycles. The molecule has 0 radical (unpaired) electrons. The Labute approximate surface area is 182 Å². The van der Waals surface area contributed by atoms with E-state index in [1.54, 1.807) is 21.8 Å². The van der Waals surface area contributed by atoms with Gasteiger partial charge in [-0.1, -0.05) is 24.3 Å². The summed E-state index contributed by atoms with van der Waals surface area (Å²) in [7, 11) is 1.42. The minimum absolute atomic E-state index is 0.536. The normalized spacial score (nSPS) is 13.4. The third kappa shape index (κ3) is 6.15. The van der Waals surface area contributed by atoms with Gasteiger partial charge in [-0.2, -0.15) is 0 Å². The van der Waals surface area contributed by atoms with Gasteiger partial charge in [0.25, 0.3) is 0 Å². The Morgan fingerprint density at radius 3 is 1.53 bits per heavy atom. The van der Waals surface area contributed by atoms with Crippen LogP contribution in [0.1, 0.15) is 36.8 Å². The first-order valence-electron chi connectivity index (χ1n) is 10.1. The SMILES string of the molecule is Cn1cnnc1S(=O)CCCCc1ccccc1CCCCS(=O)c1nncn1C. The largest absolute Gasteiger partial charge is 0.310 e. The fraction of sp³-hybridized carbons (Fsp3) is 0.500. The van der Waals surface area contributed by atoms with Gasteiger partial charge in [0.05, 0.1) is 21.6 Å². The molecule has 2 unspecified atom stereocenters. The van der Waals surface area contributed by atoms with Crippen molar-refractivity contribution >= 4 is 21.6 Å². The van der Waals surface area contributed by atoms with E-state index in [-0.39, 0.29) is 0 Å². The van der Waals surface area contributed by atoms with Gasteiger partial charge in [0.15, 0.2) is 0 Å². The minimum Gasteiger partial charge on any atom is -0.310 e. The molecule has 2 atom stereocenters. The van der Waals surface area contributed by atoms with Gasteiger partial charge in [-0.25, -0.2) is 0 Å². The van der Waals surface area contributed by atoms with E-state index in [4.69, 9.17) is 0 Å². The zero-order valence-electron chi connectivity index (χ0n) is 17.4. The Kier molecular flexibility index (Phi) is 8.44. The van der Waals surface area contributed by atoms with Crippen molar-refractivity contribution in [2.75, 3.05) is 11.5 Å². The molecule has 0 spiro atoms. The van der Waals surface area contributed by atoms with Crippen LogP contribution in [0.5, 0.6) is 0 Å². The number of aryl methyl sites for hydroxylation is 4. The zero-order chi connectivity index (χ0) is 21.3. The molecule has 10 heteroatoms. The summed E-state index contributed by atoms with van der Waals surface area (Å²) >= 11 is 0. The lowest BCUT2D eigenvalue weighted by molar-refractivity contribution is 0.656. The Morgan fingerprint density at radius 1 is 0.733 bits per heavy atom. The molecular weight excluding hydrogens is 420 g/mol. The highest BCUT2D eigenvalue weighted by molar-refractivity contribution is 7.85. The molecule has 0 aliphatic rings. The number of nitrogens with zero attached hydrogens (tertiary/aromatic N) is 6. The lowest BCUT2D eigenvalue weighted by Gasteiger charge is -2.09. The molecule has 162 valence electrons. The van der Waals surface area contributed by atoms with Crippen LogP contribution in [0.2, 0.25) is 0 Å². The average molecular weight is 449 g/mol. The number of aromatic nitrogens is 6. The van der Waals surface area contributed by atoms with Crippen LogP contribution in [-0.4, -0.2) is 49.5 Å². The summed E-state index contributed by atoms with van der Waals surface area (Å²) in [5, 5.41) is 16.5. The van der Waals surface area contributed by atoms with E-state index in [1.807, 2.05) is 14.1 Å². The molecule has 0 fully saturated rings. The van der Waals surface area contributed by atoms with Crippen molar-refractivity contribution in [3.05, 3.63) is 48.0 Å². The molecule has 2 heterocycles. The molecule has 3 aromatic rings. The van der Waals surface area contributed by atoms with Gasteiger partial charge in [0.1, 0.15) is 12.7 Å². The van der Waals surface area contributed by atoms with Crippen molar-refractivity contribution in [1.82, 2.24) is 29.5 Å². The van der Waals surface area contributed by atoms with E-state index in [0.29, 0.717) is 21.8 Å². The highest BCUT2D eigenvalue weighted by atomic mass is 32.2. The third-order valence-electron chi connectivity index (χ3n) is 4.92. The predicted octanol–water partition coefficient (Wildman–Crippen LogP) is 2.20. The van der Waals surface area contributed by atoms with E-state index < -0.39 is 21.6 Å². The lowest BCUT2D eigenvalue weighted by atomic mass is 9.98. The van der Waals surface area contributed by atoms with E-state index in [1.165, 1.54) is 11.1 Å². The molecule has 1 aromatic carbocycles. The molecule has 0 N–H and O–H groups in total. The Balaban J connectivity index is 1.41. The van der Waals surface area contributed by atoms with E-state index in [9.17, 15) is 8.42 Å². The van der Waals surface area contributed by atoms with Crippen LogP contribution >= 0.6 is 0 Å². The van der Waals surface area contributed by atoms with Crippen molar-refractivity contribution in [2.24, 2.45) is 14.1 Å². The molecule has 0 saturated carbocycles. The fourth-order valence-corrected chi connectivity index (χ4v) is 5.59. The van der Waals surface area contributed by atoms with Gasteiger partial charge >= 0.3 is 0 Å². The molecule has 8 nitrogen and oxygen atoms in total. The Bertz CT molecular complexity index is 921. The smallest absolute Gasteiger partial charge is 0.221 e. The Morgan fingerprint density at radius 2 is 1.17 bits per heavy atom. The maximum absolute atomic E-state index is 12.3. The van der Waals surface area contributed by atoms with Crippen molar-refractivity contribution in [2.45, 2.75) is 48.8 Å². The van der Waals surface area contributed by atoms with Gasteiger partial charge in [-0.3, -0.25) is 8.42 Å². The van der Waals surface area contributed by atoms with Gasteiger partial charge < -0.3 is 9.13 Å². The van der Waals surface area contributed by atoms with Crippen LogP contribution in [0.3, 0.4) is 0 Å². The van der Waals surface area contributed by atoms with Crippen LogP contribution < -0.4 is 0 Å². The number of hydrogen-bond donors (Lipinski definition) is 0. The van der Waals surface area contributed by atoms with Crippen molar-refractivity contribution in [3.63, 3.8) is 0 Å². The number of hydrogen-bond acceptors (Lipinski definition) is 6. The second-order valence-corrected chi connectivity index (χ2v) is 10.2. The van der Waals surface area contributed by atoms with Crippen molar-refractivity contribution in [1.29, 1.82) is 0 Å². The topological polar surface area (TPSA) is 95.6 Å². The molecule has 3 rings (SSSR count). The summed E-state index contributed by atoms with van der Waals surface area (Å²) in [6.07, 6.45) is 8.81. The highest BCUT2D eigenvalue weighted by Crippen LogP contribution is 2.16. The zero-order valence-corrected chi connectivity index (χ0v) is 19.1. The Hall–Kier alpha value is -2.20. The van der Waals surface area contributed by atoms with E-state index in [0.717, 1.165) is 38.5 Å². The van der Waals surface area contributed by atoms with E-state index >= 15 is 0 Å². The van der Waals surface area contributed by atoms with Gasteiger partial charge in [0.2, 0.25) is 10.3 Å². The maximum atomic E-state index is 12.3. The number of unbranched alkanes of at least 4 members (excludes halogenated alkanes) is 2. The summed E-state index contributed by atoms with van der Waals surface area (Å²) in [4.78, 5) is 0. The summed E-state index contributed by atoms with van der Waals surface area (Å²) in [5.41, 5.74) is 2.69. The van der Waals surface area contributed by atoms with Crippen LogP contribution in [0, 0.1) is 0 Å². The second-order valence-electron chi connectivity index (χ2n) is 7.23. The quantitative estimate of drug-likeness (QED) is 0.394. The predicted molar refractivity (Wildman–Crippen MR) is 117 cm³/mol. The van der Waals surface area contributed by atoms with Crippen LogP contribution in [0.15, 0.2) is 47.2 Å². The molecule has 0 aliphatic carbocycles. The lowest BCUT2D eigenvalue weighted by Crippen LogP contribution is -2.06. The fourth-order valence-electron chi connectivity index (χ4n) is 3.28. The van der Waals surface area contributed by atoms with Crippen LogP contribution in [0.25, 0.3) is 0 Å².